The molecule has 1 aliphatic carbocycles. The van der Waals surface area contributed by atoms with Crippen LogP contribution in [0.15, 0.2) is 27.4 Å². The smallest absolute Gasteiger partial charge is 0.336 e. The van der Waals surface area contributed by atoms with E-state index in [1.165, 1.54) is 6.07 Å². The van der Waals surface area contributed by atoms with Gasteiger partial charge in [0.1, 0.15) is 11.3 Å². The number of halogens is 1. The number of rotatable bonds is 9. The lowest BCUT2D eigenvalue weighted by molar-refractivity contribution is -0.143. The predicted molar refractivity (Wildman–Crippen MR) is 122 cm³/mol. The second kappa shape index (κ2) is 10.9. The first kappa shape index (κ1) is 24.1. The summed E-state index contributed by atoms with van der Waals surface area (Å²) in [5.74, 6) is -0.752. The van der Waals surface area contributed by atoms with Gasteiger partial charge in [0, 0.05) is 24.1 Å². The fourth-order valence-corrected chi connectivity index (χ4v) is 4.35. The van der Waals surface area contributed by atoms with Gasteiger partial charge in [0.05, 0.1) is 10.9 Å². The largest absolute Gasteiger partial charge is 0.481 e. The Kier molecular flexibility index (Phi) is 8.18. The average molecular weight is 464 g/mol. The normalized spacial score (nSPS) is 19.5. The molecule has 1 saturated carbocycles. The maximum Gasteiger partial charge on any atom is 0.336 e. The minimum absolute atomic E-state index is 0.266. The number of carboxylic acids is 1. The highest BCUT2D eigenvalue weighted by Crippen LogP contribution is 2.32. The summed E-state index contributed by atoms with van der Waals surface area (Å²) in [5.41, 5.74) is 0.834. The van der Waals surface area contributed by atoms with E-state index in [-0.39, 0.29) is 23.5 Å². The summed E-state index contributed by atoms with van der Waals surface area (Å²) in [5, 5.41) is 13.1. The first-order valence-electron chi connectivity index (χ1n) is 11.2. The Morgan fingerprint density at radius 1 is 1.25 bits per heavy atom. The molecule has 3 rings (SSSR count). The van der Waals surface area contributed by atoms with E-state index in [0.717, 1.165) is 43.1 Å². The molecule has 174 valence electrons. The molecule has 2 aromatic rings. The Labute approximate surface area is 192 Å². The van der Waals surface area contributed by atoms with Gasteiger partial charge >= 0.3 is 11.6 Å². The number of nitrogens with one attached hydrogen (secondary N) is 1. The van der Waals surface area contributed by atoms with E-state index in [1.54, 1.807) is 19.1 Å². The fraction of sp³-hybridized carbons (Fsp3) is 0.542. The molecule has 1 aromatic carbocycles. The van der Waals surface area contributed by atoms with E-state index in [1.807, 2.05) is 0 Å². The molecular formula is C24H30ClNO6. The van der Waals surface area contributed by atoms with Crippen LogP contribution in [-0.4, -0.2) is 29.6 Å². The van der Waals surface area contributed by atoms with Crippen molar-refractivity contribution in [2.24, 2.45) is 11.8 Å². The van der Waals surface area contributed by atoms with E-state index in [0.29, 0.717) is 30.0 Å². The highest BCUT2D eigenvalue weighted by molar-refractivity contribution is 6.32. The van der Waals surface area contributed by atoms with E-state index in [4.69, 9.17) is 25.9 Å². The molecule has 1 heterocycles. The van der Waals surface area contributed by atoms with Crippen LogP contribution in [0.25, 0.3) is 11.0 Å². The summed E-state index contributed by atoms with van der Waals surface area (Å²) < 4.78 is 11.1. The Balaban J connectivity index is 1.62. The van der Waals surface area contributed by atoms with Crippen molar-refractivity contribution >= 4 is 34.4 Å². The summed E-state index contributed by atoms with van der Waals surface area (Å²) >= 11 is 6.41. The SMILES string of the molecule is CCCCc1cc(=O)oc2cc(O[C@@H](C)C(=O)NCC3CCC(C(=O)O)CC3)c(Cl)cc12. The summed E-state index contributed by atoms with van der Waals surface area (Å²) in [4.78, 5) is 35.5. The van der Waals surface area contributed by atoms with Gasteiger partial charge in [-0.2, -0.15) is 0 Å². The van der Waals surface area contributed by atoms with Crippen LogP contribution in [0.2, 0.25) is 5.02 Å². The third kappa shape index (κ3) is 6.03. The number of hydrogen-bond donors (Lipinski definition) is 2. The number of benzene rings is 1. The third-order valence-electron chi connectivity index (χ3n) is 6.12. The first-order valence-corrected chi connectivity index (χ1v) is 11.6. The summed E-state index contributed by atoms with van der Waals surface area (Å²) in [7, 11) is 0. The molecular weight excluding hydrogens is 434 g/mol. The second-order valence-corrected chi connectivity index (χ2v) is 8.94. The number of carbonyl (C=O) groups is 2. The van der Waals surface area contributed by atoms with Crippen LogP contribution in [0.1, 0.15) is 57.9 Å². The zero-order valence-corrected chi connectivity index (χ0v) is 19.2. The first-order chi connectivity index (χ1) is 15.3. The quantitative estimate of drug-likeness (QED) is 0.528. The number of aryl methyl sites for hydroxylation is 1. The number of aliphatic carboxylic acids is 1. The van der Waals surface area contributed by atoms with Crippen LogP contribution in [0.5, 0.6) is 5.75 Å². The number of carbonyl (C=O) groups excluding carboxylic acids is 1. The molecule has 1 atom stereocenters. The Hall–Kier alpha value is -2.54. The Morgan fingerprint density at radius 3 is 2.62 bits per heavy atom. The van der Waals surface area contributed by atoms with Crippen molar-refractivity contribution in [3.63, 3.8) is 0 Å². The minimum Gasteiger partial charge on any atom is -0.481 e. The molecule has 0 radical (unpaired) electrons. The molecule has 7 nitrogen and oxygen atoms in total. The van der Waals surface area contributed by atoms with Gasteiger partial charge in [-0.3, -0.25) is 9.59 Å². The van der Waals surface area contributed by atoms with Crippen LogP contribution in [0, 0.1) is 11.8 Å². The van der Waals surface area contributed by atoms with Crippen molar-refractivity contribution in [2.45, 2.75) is 64.9 Å². The van der Waals surface area contributed by atoms with Gasteiger partial charge in [-0.15, -0.1) is 0 Å². The lowest BCUT2D eigenvalue weighted by atomic mass is 9.82. The van der Waals surface area contributed by atoms with Crippen LogP contribution < -0.4 is 15.7 Å². The number of fused-ring (bicyclic) bond motifs is 1. The second-order valence-electron chi connectivity index (χ2n) is 8.53. The standard InChI is InChI=1S/C24H30ClNO6/c1-3-4-5-17-10-22(27)32-20-12-21(19(25)11-18(17)20)31-14(2)23(28)26-13-15-6-8-16(9-7-15)24(29)30/h10-12,14-16H,3-9,13H2,1-2H3,(H,26,28)(H,29,30)/t14-,15?,16?/m0/s1. The zero-order valence-electron chi connectivity index (χ0n) is 18.5. The van der Waals surface area contributed by atoms with Crippen LogP contribution in [0.4, 0.5) is 0 Å². The van der Waals surface area contributed by atoms with E-state index >= 15 is 0 Å². The molecule has 1 aliphatic rings. The van der Waals surface area contributed by atoms with Gasteiger partial charge in [-0.05, 0) is 63.0 Å². The molecule has 0 bridgehead atoms. The van der Waals surface area contributed by atoms with Crippen molar-refractivity contribution in [3.05, 3.63) is 39.2 Å². The number of hydrogen-bond acceptors (Lipinski definition) is 5. The van der Waals surface area contributed by atoms with Crippen LogP contribution in [-0.2, 0) is 16.0 Å². The minimum atomic E-state index is -0.796. The highest BCUT2D eigenvalue weighted by atomic mass is 35.5. The number of carboxylic acid groups (broad SMARTS) is 1. The highest BCUT2D eigenvalue weighted by Gasteiger charge is 2.26. The zero-order chi connectivity index (χ0) is 23.3. The molecule has 1 amide bonds. The lowest BCUT2D eigenvalue weighted by Gasteiger charge is -2.26. The van der Waals surface area contributed by atoms with Gasteiger partial charge in [0.15, 0.2) is 6.10 Å². The van der Waals surface area contributed by atoms with Crippen LogP contribution in [0.3, 0.4) is 0 Å². The number of amides is 1. The average Bonchev–Trinajstić information content (AvgIpc) is 2.76. The fourth-order valence-electron chi connectivity index (χ4n) is 4.14. The van der Waals surface area contributed by atoms with E-state index in [9.17, 15) is 14.4 Å². The lowest BCUT2D eigenvalue weighted by Crippen LogP contribution is -2.39. The van der Waals surface area contributed by atoms with Gasteiger partial charge in [-0.25, -0.2) is 4.79 Å². The van der Waals surface area contributed by atoms with Crippen molar-refractivity contribution in [2.75, 3.05) is 6.54 Å². The summed E-state index contributed by atoms with van der Waals surface area (Å²) in [6.07, 6.45) is 4.75. The van der Waals surface area contributed by atoms with Crippen molar-refractivity contribution in [1.29, 1.82) is 0 Å². The molecule has 0 saturated heterocycles. The maximum absolute atomic E-state index is 12.5. The summed E-state index contributed by atoms with van der Waals surface area (Å²) in [6, 6.07) is 4.77. The number of ether oxygens (including phenoxy) is 1. The molecule has 32 heavy (non-hydrogen) atoms. The Bertz CT molecular complexity index is 1030. The molecule has 0 spiro atoms. The van der Waals surface area contributed by atoms with Crippen molar-refractivity contribution in [3.8, 4) is 5.75 Å². The molecule has 0 aliphatic heterocycles. The molecule has 8 heteroatoms. The van der Waals surface area contributed by atoms with Crippen molar-refractivity contribution < 1.29 is 23.8 Å². The van der Waals surface area contributed by atoms with Crippen molar-refractivity contribution in [1.82, 2.24) is 5.32 Å². The van der Waals surface area contributed by atoms with E-state index in [2.05, 4.69) is 12.2 Å². The predicted octanol–water partition coefficient (Wildman–Crippen LogP) is 4.56. The Morgan fingerprint density at radius 2 is 1.97 bits per heavy atom. The number of unbranched alkanes of at least 4 members (excludes halogenated alkanes) is 1. The third-order valence-corrected chi connectivity index (χ3v) is 6.41. The van der Waals surface area contributed by atoms with E-state index < -0.39 is 17.7 Å². The van der Waals surface area contributed by atoms with Gasteiger partial charge < -0.3 is 19.6 Å². The van der Waals surface area contributed by atoms with Gasteiger partial charge in [0.2, 0.25) is 0 Å². The monoisotopic (exact) mass is 463 g/mol. The molecule has 0 unspecified atom stereocenters. The molecule has 2 N–H and O–H groups in total. The van der Waals surface area contributed by atoms with Gasteiger partial charge in [0.25, 0.3) is 5.91 Å². The maximum atomic E-state index is 12.5. The summed E-state index contributed by atoms with van der Waals surface area (Å²) in [6.45, 7) is 4.20. The molecule has 1 aromatic heterocycles. The molecule has 1 fully saturated rings. The van der Waals surface area contributed by atoms with Crippen LogP contribution >= 0.6 is 11.6 Å². The van der Waals surface area contributed by atoms with Gasteiger partial charge in [-0.1, -0.05) is 24.9 Å². The topological polar surface area (TPSA) is 106 Å².